The minimum Gasteiger partial charge on any atom is -0.467 e. The second kappa shape index (κ2) is 10.4. The van der Waals surface area contributed by atoms with Crippen molar-refractivity contribution < 1.29 is 14.3 Å². The van der Waals surface area contributed by atoms with Crippen LogP contribution in [0, 0.1) is 19.8 Å². The van der Waals surface area contributed by atoms with Crippen LogP contribution in [0.25, 0.3) is 0 Å². The van der Waals surface area contributed by atoms with E-state index in [1.165, 1.54) is 41.3 Å². The first-order valence-electron chi connectivity index (χ1n) is 9.01. The smallest absolute Gasteiger partial charge is 0.328 e. The van der Waals surface area contributed by atoms with E-state index in [9.17, 15) is 9.59 Å². The Balaban J connectivity index is 1.89. The number of methoxy groups -OCH3 is 1. The first-order valence-corrected chi connectivity index (χ1v) is 10.8. The summed E-state index contributed by atoms with van der Waals surface area (Å²) >= 11 is 2.67. The van der Waals surface area contributed by atoms with Crippen LogP contribution in [0.3, 0.4) is 0 Å². The summed E-state index contributed by atoms with van der Waals surface area (Å²) in [6.45, 7) is 7.99. The van der Waals surface area contributed by atoms with E-state index >= 15 is 0 Å². The lowest BCUT2D eigenvalue weighted by Crippen LogP contribution is -2.46. The fourth-order valence-electron chi connectivity index (χ4n) is 2.40. The third-order valence-electron chi connectivity index (χ3n) is 4.48. The summed E-state index contributed by atoms with van der Waals surface area (Å²) in [6, 6.07) is 5.46. The summed E-state index contributed by atoms with van der Waals surface area (Å²) in [6.07, 6.45) is 0.761. The minimum absolute atomic E-state index is 0.00306. The van der Waals surface area contributed by atoms with Crippen molar-refractivity contribution in [1.29, 1.82) is 0 Å². The molecular formula is C19H26N4O3S2. The van der Waals surface area contributed by atoms with Crippen molar-refractivity contribution in [2.45, 2.75) is 44.5 Å². The average molecular weight is 423 g/mol. The van der Waals surface area contributed by atoms with Gasteiger partial charge in [0.2, 0.25) is 11.0 Å². The van der Waals surface area contributed by atoms with Gasteiger partial charge in [0.25, 0.3) is 0 Å². The Bertz CT molecular complexity index is 825. The first kappa shape index (κ1) is 22.2. The third-order valence-corrected chi connectivity index (χ3v) is 6.45. The van der Waals surface area contributed by atoms with Crippen LogP contribution in [0.15, 0.2) is 22.5 Å². The monoisotopic (exact) mass is 422 g/mol. The summed E-state index contributed by atoms with van der Waals surface area (Å²) in [5.41, 5.74) is 3.37. The fraction of sp³-hybridized carbons (Fsp3) is 0.474. The molecule has 0 fully saturated rings. The number of nitrogens with zero attached hydrogens (tertiary/aromatic N) is 2. The fourth-order valence-corrected chi connectivity index (χ4v) is 3.98. The molecule has 0 radical (unpaired) electrons. The number of thioether (sulfide) groups is 1. The molecule has 1 amide bonds. The lowest BCUT2D eigenvalue weighted by atomic mass is 9.99. The Hall–Kier alpha value is -2.13. The van der Waals surface area contributed by atoms with Crippen LogP contribution in [0.4, 0.5) is 10.8 Å². The molecule has 0 bridgehead atoms. The maximum absolute atomic E-state index is 12.2. The van der Waals surface area contributed by atoms with Crippen LogP contribution in [0.2, 0.25) is 0 Å². The Labute approximate surface area is 173 Å². The molecule has 2 rings (SSSR count). The number of nitrogens with one attached hydrogen (secondary N) is 2. The lowest BCUT2D eigenvalue weighted by molar-refractivity contribution is -0.146. The second-order valence-electron chi connectivity index (χ2n) is 6.54. The number of carbonyl (C=O) groups is 2. The van der Waals surface area contributed by atoms with Gasteiger partial charge in [-0.2, -0.15) is 0 Å². The number of amides is 1. The summed E-state index contributed by atoms with van der Waals surface area (Å²) in [5, 5.41) is 14.9. The Kier molecular flexibility index (Phi) is 8.25. The molecule has 0 saturated heterocycles. The number of ether oxygens (including phenoxy) is 1. The first-order chi connectivity index (χ1) is 13.3. The number of benzene rings is 1. The SMILES string of the molecule is CC[C@H](C)[C@@H](NC(=O)CSc1nnc(Nc2ccc(C)c(C)c2)s1)C(=O)OC. The van der Waals surface area contributed by atoms with Gasteiger partial charge in [-0.25, -0.2) is 4.79 Å². The van der Waals surface area contributed by atoms with E-state index in [0.717, 1.165) is 12.1 Å². The molecule has 2 N–H and O–H groups in total. The highest BCUT2D eigenvalue weighted by Gasteiger charge is 2.26. The van der Waals surface area contributed by atoms with Crippen LogP contribution >= 0.6 is 23.1 Å². The highest BCUT2D eigenvalue weighted by Crippen LogP contribution is 2.28. The molecular weight excluding hydrogens is 396 g/mol. The highest BCUT2D eigenvalue weighted by atomic mass is 32.2. The lowest BCUT2D eigenvalue weighted by Gasteiger charge is -2.21. The molecule has 0 aliphatic heterocycles. The second-order valence-corrected chi connectivity index (χ2v) is 8.74. The zero-order chi connectivity index (χ0) is 20.7. The molecule has 0 saturated carbocycles. The molecule has 0 spiro atoms. The third kappa shape index (κ3) is 6.20. The van der Waals surface area contributed by atoms with Gasteiger partial charge in [-0.15, -0.1) is 10.2 Å². The summed E-state index contributed by atoms with van der Waals surface area (Å²) in [4.78, 5) is 24.1. The van der Waals surface area contributed by atoms with Crippen molar-refractivity contribution in [2.24, 2.45) is 5.92 Å². The van der Waals surface area contributed by atoms with Gasteiger partial charge in [0, 0.05) is 5.69 Å². The molecule has 0 unspecified atom stereocenters. The maximum atomic E-state index is 12.2. The molecule has 1 aromatic heterocycles. The van der Waals surface area contributed by atoms with Gasteiger partial charge in [0.1, 0.15) is 6.04 Å². The van der Waals surface area contributed by atoms with Gasteiger partial charge in [-0.05, 0) is 43.0 Å². The summed E-state index contributed by atoms with van der Waals surface area (Å²) < 4.78 is 5.47. The molecule has 1 heterocycles. The van der Waals surface area contributed by atoms with E-state index in [1.54, 1.807) is 0 Å². The van der Waals surface area contributed by atoms with E-state index in [0.29, 0.717) is 9.47 Å². The van der Waals surface area contributed by atoms with E-state index < -0.39 is 12.0 Å². The molecule has 2 atom stereocenters. The van der Waals surface area contributed by atoms with Crippen LogP contribution in [0.5, 0.6) is 0 Å². The molecule has 2 aromatic rings. The zero-order valence-electron chi connectivity index (χ0n) is 16.7. The van der Waals surface area contributed by atoms with Crippen LogP contribution in [-0.2, 0) is 14.3 Å². The van der Waals surface area contributed by atoms with Gasteiger partial charge in [0.05, 0.1) is 12.9 Å². The molecule has 7 nitrogen and oxygen atoms in total. The van der Waals surface area contributed by atoms with Crippen molar-refractivity contribution in [3.63, 3.8) is 0 Å². The Morgan fingerprint density at radius 1 is 1.25 bits per heavy atom. The molecule has 28 heavy (non-hydrogen) atoms. The number of hydrogen-bond donors (Lipinski definition) is 2. The largest absolute Gasteiger partial charge is 0.467 e. The number of rotatable bonds is 9. The summed E-state index contributed by atoms with van der Waals surface area (Å²) in [7, 11) is 1.32. The van der Waals surface area contributed by atoms with Crippen molar-refractivity contribution in [2.75, 3.05) is 18.2 Å². The molecule has 0 aliphatic rings. The number of esters is 1. The minimum atomic E-state index is -0.639. The topological polar surface area (TPSA) is 93.2 Å². The molecule has 9 heteroatoms. The van der Waals surface area contributed by atoms with E-state index in [2.05, 4.69) is 40.7 Å². The number of anilines is 2. The molecule has 1 aromatic carbocycles. The maximum Gasteiger partial charge on any atom is 0.328 e. The molecule has 0 aliphatic carbocycles. The summed E-state index contributed by atoms with van der Waals surface area (Å²) in [5.74, 6) is -0.512. The predicted octanol–water partition coefficient (Wildman–Crippen LogP) is 3.69. The predicted molar refractivity (Wildman–Crippen MR) is 113 cm³/mol. The van der Waals surface area contributed by atoms with Gasteiger partial charge < -0.3 is 15.4 Å². The highest BCUT2D eigenvalue weighted by molar-refractivity contribution is 8.01. The van der Waals surface area contributed by atoms with Crippen LogP contribution in [0.1, 0.15) is 31.4 Å². The van der Waals surface area contributed by atoms with Crippen LogP contribution in [-0.4, -0.2) is 41.0 Å². The zero-order valence-corrected chi connectivity index (χ0v) is 18.4. The van der Waals surface area contributed by atoms with Crippen LogP contribution < -0.4 is 10.6 Å². The van der Waals surface area contributed by atoms with Gasteiger partial charge in [-0.1, -0.05) is 49.4 Å². The van der Waals surface area contributed by atoms with Crippen molar-refractivity contribution in [3.05, 3.63) is 29.3 Å². The Morgan fingerprint density at radius 3 is 2.64 bits per heavy atom. The van der Waals surface area contributed by atoms with Crippen molar-refractivity contribution >= 4 is 45.8 Å². The average Bonchev–Trinajstić information content (AvgIpc) is 3.13. The normalized spacial score (nSPS) is 12.9. The van der Waals surface area contributed by atoms with E-state index in [-0.39, 0.29) is 17.6 Å². The van der Waals surface area contributed by atoms with Crippen molar-refractivity contribution in [1.82, 2.24) is 15.5 Å². The number of aromatic nitrogens is 2. The van der Waals surface area contributed by atoms with Gasteiger partial charge in [-0.3, -0.25) is 4.79 Å². The molecule has 152 valence electrons. The number of hydrogen-bond acceptors (Lipinski definition) is 8. The van der Waals surface area contributed by atoms with E-state index in [4.69, 9.17) is 4.74 Å². The quantitative estimate of drug-likeness (QED) is 0.470. The number of carbonyl (C=O) groups excluding carboxylic acids is 2. The Morgan fingerprint density at radius 2 is 2.00 bits per heavy atom. The van der Waals surface area contributed by atoms with Gasteiger partial charge in [0.15, 0.2) is 4.34 Å². The van der Waals surface area contributed by atoms with E-state index in [1.807, 2.05) is 26.0 Å². The van der Waals surface area contributed by atoms with Gasteiger partial charge >= 0.3 is 5.97 Å². The van der Waals surface area contributed by atoms with Crippen molar-refractivity contribution in [3.8, 4) is 0 Å². The number of aryl methyl sites for hydroxylation is 2. The standard InChI is InChI=1S/C19H26N4O3S2/c1-6-11(2)16(17(25)26-5)21-15(24)10-27-19-23-22-18(28-19)20-14-8-7-12(3)13(4)9-14/h7-9,11,16H,6,10H2,1-5H3,(H,20,22)(H,21,24)/t11-,16+/m0/s1.